The first-order valence-electron chi connectivity index (χ1n) is 6.12. The predicted molar refractivity (Wildman–Crippen MR) is 82.6 cm³/mol. The molecular formula is C13H11NO6P2. The van der Waals surface area contributed by atoms with E-state index in [0.29, 0.717) is 10.8 Å². The second-order valence-corrected chi connectivity index (χ2v) is 7.91. The maximum absolute atomic E-state index is 11.6. The van der Waals surface area contributed by atoms with E-state index in [1.54, 1.807) is 18.2 Å². The van der Waals surface area contributed by atoms with Crippen LogP contribution in [0.5, 0.6) is 0 Å². The number of benzene rings is 2. The van der Waals surface area contributed by atoms with Gasteiger partial charge in [0.1, 0.15) is 0 Å². The molecule has 9 heteroatoms. The van der Waals surface area contributed by atoms with Crippen molar-refractivity contribution >= 4 is 47.6 Å². The summed E-state index contributed by atoms with van der Waals surface area (Å²) in [6.45, 7) is 0. The van der Waals surface area contributed by atoms with Crippen molar-refractivity contribution < 1.29 is 28.7 Å². The minimum atomic E-state index is -4.55. The molecule has 7 nitrogen and oxygen atoms in total. The molecular weight excluding hydrogens is 328 g/mol. The van der Waals surface area contributed by atoms with Crippen LogP contribution in [0.4, 0.5) is 0 Å². The van der Waals surface area contributed by atoms with Crippen molar-refractivity contribution in [1.82, 2.24) is 4.98 Å². The van der Waals surface area contributed by atoms with Crippen LogP contribution in [-0.2, 0) is 9.13 Å². The first-order chi connectivity index (χ1) is 10.2. The summed E-state index contributed by atoms with van der Waals surface area (Å²) < 4.78 is 23.1. The largest absolute Gasteiger partial charge is 0.358 e. The molecule has 0 spiro atoms. The van der Waals surface area contributed by atoms with E-state index in [9.17, 15) is 28.7 Å². The Kier molecular flexibility index (Phi) is 3.45. The van der Waals surface area contributed by atoms with Crippen molar-refractivity contribution in [1.29, 1.82) is 0 Å². The van der Waals surface area contributed by atoms with Crippen molar-refractivity contribution in [3.8, 4) is 0 Å². The fraction of sp³-hybridized carbons (Fsp3) is 0. The highest BCUT2D eigenvalue weighted by molar-refractivity contribution is 7.61. The molecule has 0 aliphatic heterocycles. The lowest BCUT2D eigenvalue weighted by Gasteiger charge is -2.11. The lowest BCUT2D eigenvalue weighted by Crippen LogP contribution is -2.10. The van der Waals surface area contributed by atoms with Gasteiger partial charge in [-0.1, -0.05) is 24.3 Å². The van der Waals surface area contributed by atoms with E-state index in [1.165, 1.54) is 24.3 Å². The first kappa shape index (κ1) is 15.3. The van der Waals surface area contributed by atoms with Crippen LogP contribution >= 0.6 is 15.2 Å². The molecule has 114 valence electrons. The third kappa shape index (κ3) is 2.59. The minimum absolute atomic E-state index is 0.0317. The van der Waals surface area contributed by atoms with Gasteiger partial charge in [0.25, 0.3) is 0 Å². The molecule has 0 amide bonds. The van der Waals surface area contributed by atoms with Crippen LogP contribution in [0.3, 0.4) is 0 Å². The van der Waals surface area contributed by atoms with E-state index in [4.69, 9.17) is 0 Å². The highest BCUT2D eigenvalue weighted by atomic mass is 31.2. The van der Waals surface area contributed by atoms with Crippen molar-refractivity contribution in [2.24, 2.45) is 0 Å². The minimum Gasteiger partial charge on any atom is -0.321 e. The van der Waals surface area contributed by atoms with Gasteiger partial charge in [0.2, 0.25) is 0 Å². The summed E-state index contributed by atoms with van der Waals surface area (Å²) in [6, 6.07) is 10.4. The zero-order chi connectivity index (χ0) is 16.1. The van der Waals surface area contributed by atoms with Crippen molar-refractivity contribution in [2.45, 2.75) is 0 Å². The van der Waals surface area contributed by atoms with Crippen LogP contribution in [0.25, 0.3) is 21.8 Å². The van der Waals surface area contributed by atoms with Crippen LogP contribution in [0.1, 0.15) is 0 Å². The van der Waals surface area contributed by atoms with E-state index in [0.717, 1.165) is 0 Å². The maximum Gasteiger partial charge on any atom is 0.358 e. The molecule has 1 heterocycles. The monoisotopic (exact) mass is 339 g/mol. The number of aromatic nitrogens is 1. The molecule has 0 radical (unpaired) electrons. The van der Waals surface area contributed by atoms with Gasteiger partial charge in [0, 0.05) is 10.8 Å². The lowest BCUT2D eigenvalue weighted by molar-refractivity contribution is 0.385. The second-order valence-electron chi connectivity index (χ2n) is 4.77. The van der Waals surface area contributed by atoms with Crippen LogP contribution in [0.15, 0.2) is 42.5 Å². The number of nitrogens with zero attached hydrogens (tertiary/aromatic N) is 1. The summed E-state index contributed by atoms with van der Waals surface area (Å²) in [7, 11) is -9.11. The van der Waals surface area contributed by atoms with E-state index >= 15 is 0 Å². The van der Waals surface area contributed by atoms with Crippen molar-refractivity contribution in [2.75, 3.05) is 0 Å². The fourth-order valence-electron chi connectivity index (χ4n) is 2.32. The van der Waals surface area contributed by atoms with Crippen LogP contribution in [0, 0.1) is 0 Å². The third-order valence-corrected chi connectivity index (χ3v) is 5.23. The number of hydrogen-bond donors (Lipinski definition) is 4. The molecule has 4 N–H and O–H groups in total. The van der Waals surface area contributed by atoms with Crippen LogP contribution < -0.4 is 10.6 Å². The standard InChI is InChI=1S/C13H11NO6P2/c15-21(16,17)10-5-1-3-8-7-9-4-2-6-11(22(18,19)20)13(9)14-12(8)10/h1-7H,(H2,15,16,17)(H2,18,19,20). The Labute approximate surface area is 124 Å². The molecule has 0 aliphatic rings. The van der Waals surface area contributed by atoms with Crippen molar-refractivity contribution in [3.63, 3.8) is 0 Å². The molecule has 0 bridgehead atoms. The zero-order valence-corrected chi connectivity index (χ0v) is 12.8. The topological polar surface area (TPSA) is 128 Å². The summed E-state index contributed by atoms with van der Waals surface area (Å²) in [5, 5.41) is 0.423. The Morgan fingerprint density at radius 2 is 1.14 bits per heavy atom. The van der Waals surface area contributed by atoms with Gasteiger partial charge < -0.3 is 19.6 Å². The molecule has 0 saturated heterocycles. The second kappa shape index (κ2) is 4.96. The predicted octanol–water partition coefficient (Wildman–Crippen LogP) is 0.994. The summed E-state index contributed by atoms with van der Waals surface area (Å²) in [4.78, 5) is 41.7. The smallest absolute Gasteiger partial charge is 0.321 e. The van der Waals surface area contributed by atoms with Gasteiger partial charge in [0.15, 0.2) is 0 Å². The number of rotatable bonds is 2. The van der Waals surface area contributed by atoms with Crippen LogP contribution in [0.2, 0.25) is 0 Å². The van der Waals surface area contributed by atoms with E-state index < -0.39 is 15.2 Å². The normalized spacial score (nSPS) is 12.9. The molecule has 22 heavy (non-hydrogen) atoms. The maximum atomic E-state index is 11.6. The molecule has 0 fully saturated rings. The molecule has 0 saturated carbocycles. The van der Waals surface area contributed by atoms with Gasteiger partial charge in [-0.2, -0.15) is 0 Å². The zero-order valence-electron chi connectivity index (χ0n) is 11.0. The SMILES string of the molecule is O=P(O)(O)c1cccc2cc3cccc(P(=O)(O)O)c3nc12. The van der Waals surface area contributed by atoms with Gasteiger partial charge in [-0.25, -0.2) is 4.98 Å². The van der Waals surface area contributed by atoms with Gasteiger partial charge in [-0.3, -0.25) is 9.13 Å². The molecule has 3 rings (SSSR count). The summed E-state index contributed by atoms with van der Waals surface area (Å²) in [6.07, 6.45) is 0. The van der Waals surface area contributed by atoms with Crippen LogP contribution in [-0.4, -0.2) is 24.6 Å². The number of pyridine rings is 1. The fourth-order valence-corrected chi connectivity index (χ4v) is 3.79. The van der Waals surface area contributed by atoms with Gasteiger partial charge in [-0.05, 0) is 18.2 Å². The van der Waals surface area contributed by atoms with Crippen molar-refractivity contribution in [3.05, 3.63) is 42.5 Å². The van der Waals surface area contributed by atoms with Gasteiger partial charge in [-0.15, -0.1) is 0 Å². The molecule has 1 aromatic heterocycles. The Balaban J connectivity index is 2.50. The highest BCUT2D eigenvalue weighted by Crippen LogP contribution is 2.38. The average Bonchev–Trinajstić information content (AvgIpc) is 2.41. The van der Waals surface area contributed by atoms with E-state index in [1.807, 2.05) is 0 Å². The Hall–Kier alpha value is -1.59. The molecule has 0 aliphatic carbocycles. The Bertz CT molecular complexity index is 913. The Morgan fingerprint density at radius 3 is 1.50 bits per heavy atom. The summed E-state index contributed by atoms with van der Waals surface area (Å²) >= 11 is 0. The average molecular weight is 339 g/mol. The number of hydrogen-bond acceptors (Lipinski definition) is 3. The van der Waals surface area contributed by atoms with E-state index in [-0.39, 0.29) is 21.6 Å². The lowest BCUT2D eigenvalue weighted by atomic mass is 10.1. The number of fused-ring (bicyclic) bond motifs is 2. The van der Waals surface area contributed by atoms with Gasteiger partial charge in [0.05, 0.1) is 21.6 Å². The molecule has 0 unspecified atom stereocenters. The summed E-state index contributed by atoms with van der Waals surface area (Å²) in [5.74, 6) is 0. The highest BCUT2D eigenvalue weighted by Gasteiger charge is 2.24. The molecule has 2 aromatic carbocycles. The Morgan fingerprint density at radius 1 is 0.727 bits per heavy atom. The molecule has 0 atom stereocenters. The van der Waals surface area contributed by atoms with E-state index in [2.05, 4.69) is 4.98 Å². The first-order valence-corrected chi connectivity index (χ1v) is 9.35. The molecule has 3 aromatic rings. The third-order valence-electron chi connectivity index (χ3n) is 3.25. The quantitative estimate of drug-likeness (QED) is 0.405. The van der Waals surface area contributed by atoms with Gasteiger partial charge >= 0.3 is 15.2 Å². The number of para-hydroxylation sites is 2. The summed E-state index contributed by atoms with van der Waals surface area (Å²) in [5.41, 5.74) is 0.0634.